The molecule has 5 rings (SSSR count). The fourth-order valence-corrected chi connectivity index (χ4v) is 4.12. The third kappa shape index (κ3) is 3.91. The normalized spacial score (nSPS) is 11.9. The van der Waals surface area contributed by atoms with Crippen LogP contribution in [-0.4, -0.2) is 16.5 Å². The van der Waals surface area contributed by atoms with Gasteiger partial charge in [-0.25, -0.2) is 9.97 Å². The summed E-state index contributed by atoms with van der Waals surface area (Å²) in [6.07, 6.45) is 2.92. The van der Waals surface area contributed by atoms with Crippen molar-refractivity contribution in [2.24, 2.45) is 5.73 Å². The van der Waals surface area contributed by atoms with E-state index in [9.17, 15) is 0 Å². The van der Waals surface area contributed by atoms with Crippen molar-refractivity contribution in [2.75, 3.05) is 6.54 Å². The van der Waals surface area contributed by atoms with Crippen LogP contribution >= 0.6 is 0 Å². The van der Waals surface area contributed by atoms with Crippen molar-refractivity contribution < 1.29 is 0 Å². The predicted octanol–water partition coefficient (Wildman–Crippen LogP) is 6.87. The van der Waals surface area contributed by atoms with Gasteiger partial charge in [0, 0.05) is 16.3 Å². The lowest BCUT2D eigenvalue weighted by Crippen LogP contribution is -2.01. The van der Waals surface area contributed by atoms with Gasteiger partial charge in [0.25, 0.3) is 0 Å². The highest BCUT2D eigenvalue weighted by Gasteiger charge is 2.08. The second kappa shape index (κ2) is 8.74. The van der Waals surface area contributed by atoms with E-state index >= 15 is 0 Å². The molecule has 156 valence electrons. The molecule has 3 heteroatoms. The first-order chi connectivity index (χ1) is 15.7. The molecule has 5 aromatic rings. The second-order valence-electron chi connectivity index (χ2n) is 7.93. The molecule has 32 heavy (non-hydrogen) atoms. The Kier molecular flexibility index (Phi) is 5.49. The van der Waals surface area contributed by atoms with Gasteiger partial charge in [-0.1, -0.05) is 72.8 Å². The Morgan fingerprint density at radius 1 is 0.719 bits per heavy atom. The van der Waals surface area contributed by atoms with Gasteiger partial charge in [-0.15, -0.1) is 0 Å². The summed E-state index contributed by atoms with van der Waals surface area (Å²) >= 11 is 0. The molecule has 3 nitrogen and oxygen atoms in total. The summed E-state index contributed by atoms with van der Waals surface area (Å²) < 4.78 is 0. The van der Waals surface area contributed by atoms with Gasteiger partial charge in [-0.05, 0) is 60.9 Å². The Labute approximate surface area is 188 Å². The van der Waals surface area contributed by atoms with Crippen molar-refractivity contribution in [2.45, 2.75) is 13.3 Å². The van der Waals surface area contributed by atoms with Crippen LogP contribution in [0, 0.1) is 0 Å². The summed E-state index contributed by atoms with van der Waals surface area (Å²) in [4.78, 5) is 9.90. The molecule has 0 radical (unpaired) electrons. The van der Waals surface area contributed by atoms with Crippen molar-refractivity contribution in [3.05, 3.63) is 103 Å². The number of rotatable bonds is 5. The van der Waals surface area contributed by atoms with E-state index in [-0.39, 0.29) is 0 Å². The number of aromatic nitrogens is 2. The van der Waals surface area contributed by atoms with Crippen LogP contribution < -0.4 is 5.73 Å². The van der Waals surface area contributed by atoms with Gasteiger partial charge in [-0.3, -0.25) is 0 Å². The second-order valence-corrected chi connectivity index (χ2v) is 7.93. The number of benzene rings is 3. The molecule has 0 bridgehead atoms. The average Bonchev–Trinajstić information content (AvgIpc) is 2.86. The molecule has 0 saturated carbocycles. The minimum absolute atomic E-state index is 0.616. The number of nitrogens with two attached hydrogens (primary N) is 1. The smallest absolute Gasteiger partial charge is 0.0716 e. The molecule has 2 N–H and O–H groups in total. The quantitative estimate of drug-likeness (QED) is 0.341. The fraction of sp³-hybridized carbons (Fsp3) is 0.103. The first-order valence-corrected chi connectivity index (χ1v) is 11.0. The Balaban J connectivity index is 1.56. The van der Waals surface area contributed by atoms with Gasteiger partial charge in [0.2, 0.25) is 0 Å². The molecule has 0 atom stereocenters. The van der Waals surface area contributed by atoms with Gasteiger partial charge in [0.15, 0.2) is 0 Å². The monoisotopic (exact) mass is 415 g/mol. The van der Waals surface area contributed by atoms with E-state index in [4.69, 9.17) is 15.7 Å². The summed E-state index contributed by atoms with van der Waals surface area (Å²) in [5, 5.41) is 2.25. The number of fused-ring (bicyclic) bond motifs is 2. The lowest BCUT2D eigenvalue weighted by atomic mass is 10.0. The van der Waals surface area contributed by atoms with Crippen molar-refractivity contribution in [1.82, 2.24) is 9.97 Å². The number of allylic oxidation sites excluding steroid dienone is 1. The van der Waals surface area contributed by atoms with E-state index in [0.29, 0.717) is 6.54 Å². The third-order valence-corrected chi connectivity index (χ3v) is 5.88. The van der Waals surface area contributed by atoms with Crippen molar-refractivity contribution in [1.29, 1.82) is 0 Å². The van der Waals surface area contributed by atoms with Gasteiger partial charge in [0.05, 0.1) is 22.4 Å². The molecule has 0 saturated heterocycles. The summed E-state index contributed by atoms with van der Waals surface area (Å²) in [5.74, 6) is 0. The van der Waals surface area contributed by atoms with Crippen LogP contribution in [-0.2, 0) is 0 Å². The maximum atomic E-state index is 5.77. The van der Waals surface area contributed by atoms with Crippen LogP contribution in [0.1, 0.15) is 19.0 Å². The zero-order chi connectivity index (χ0) is 21.9. The largest absolute Gasteiger partial charge is 0.330 e. The van der Waals surface area contributed by atoms with Crippen molar-refractivity contribution in [3.63, 3.8) is 0 Å². The Morgan fingerprint density at radius 2 is 1.38 bits per heavy atom. The van der Waals surface area contributed by atoms with Crippen LogP contribution in [0.25, 0.3) is 49.8 Å². The van der Waals surface area contributed by atoms with E-state index < -0.39 is 0 Å². The van der Waals surface area contributed by atoms with E-state index in [1.165, 1.54) is 16.7 Å². The van der Waals surface area contributed by atoms with Crippen LogP contribution in [0.2, 0.25) is 0 Å². The van der Waals surface area contributed by atoms with Crippen LogP contribution in [0.15, 0.2) is 97.1 Å². The lowest BCUT2D eigenvalue weighted by Gasteiger charge is -2.09. The van der Waals surface area contributed by atoms with E-state index in [2.05, 4.69) is 91.0 Å². The highest BCUT2D eigenvalue weighted by molar-refractivity contribution is 5.89. The van der Waals surface area contributed by atoms with Crippen LogP contribution in [0.3, 0.4) is 0 Å². The zero-order valence-electron chi connectivity index (χ0n) is 18.1. The minimum atomic E-state index is 0.616. The lowest BCUT2D eigenvalue weighted by molar-refractivity contribution is 1.01. The molecule has 0 spiro atoms. The molecule has 0 unspecified atom stereocenters. The number of nitrogens with zero attached hydrogens (tertiary/aromatic N) is 2. The van der Waals surface area contributed by atoms with E-state index in [1.54, 1.807) is 0 Å². The van der Waals surface area contributed by atoms with Crippen LogP contribution in [0.5, 0.6) is 0 Å². The topological polar surface area (TPSA) is 51.8 Å². The highest BCUT2D eigenvalue weighted by Crippen LogP contribution is 2.28. The van der Waals surface area contributed by atoms with Crippen LogP contribution in [0.4, 0.5) is 0 Å². The molecular formula is C29H25N3. The first-order valence-electron chi connectivity index (χ1n) is 11.0. The standard InChI is InChI=1S/C29H25N3/c1-2-20(16-17-30)26-14-12-23-9-11-25(19-29(23)31-26)27-15-13-22-8-10-24(18-28(22)32-27)21-6-4-3-5-7-21/h2-15,18-19H,16-17,30H2,1H3/b20-2+. The molecule has 0 aliphatic heterocycles. The highest BCUT2D eigenvalue weighted by atomic mass is 14.7. The van der Waals surface area contributed by atoms with Crippen molar-refractivity contribution >= 4 is 27.4 Å². The maximum Gasteiger partial charge on any atom is 0.0716 e. The van der Waals surface area contributed by atoms with E-state index in [0.717, 1.165) is 45.2 Å². The minimum Gasteiger partial charge on any atom is -0.330 e. The summed E-state index contributed by atoms with van der Waals surface area (Å²) in [7, 11) is 0. The summed E-state index contributed by atoms with van der Waals surface area (Å²) in [6.45, 7) is 2.65. The van der Waals surface area contributed by atoms with Gasteiger partial charge in [-0.2, -0.15) is 0 Å². The average molecular weight is 416 g/mol. The molecule has 3 aromatic carbocycles. The molecule has 0 fully saturated rings. The fourth-order valence-electron chi connectivity index (χ4n) is 4.12. The Bertz CT molecular complexity index is 1440. The number of hydrogen-bond acceptors (Lipinski definition) is 3. The third-order valence-electron chi connectivity index (χ3n) is 5.88. The predicted molar refractivity (Wildman–Crippen MR) is 135 cm³/mol. The molecule has 2 heterocycles. The molecule has 0 aliphatic carbocycles. The van der Waals surface area contributed by atoms with Crippen molar-refractivity contribution in [3.8, 4) is 22.4 Å². The van der Waals surface area contributed by atoms with E-state index in [1.807, 2.05) is 13.0 Å². The Morgan fingerprint density at radius 3 is 2.12 bits per heavy atom. The zero-order valence-corrected chi connectivity index (χ0v) is 18.1. The summed E-state index contributed by atoms with van der Waals surface area (Å²) in [6, 6.07) is 31.7. The Hall–Kier alpha value is -3.82. The van der Waals surface area contributed by atoms with Gasteiger partial charge >= 0.3 is 0 Å². The molecule has 0 amide bonds. The SMILES string of the molecule is C/C=C(\CCN)c1ccc2ccc(-c3ccc4ccc(-c5ccccc5)cc4n3)cc2n1. The molecular weight excluding hydrogens is 390 g/mol. The molecule has 2 aromatic heterocycles. The maximum absolute atomic E-state index is 5.77. The van der Waals surface area contributed by atoms with Gasteiger partial charge < -0.3 is 5.73 Å². The molecule has 0 aliphatic rings. The number of pyridine rings is 2. The first kappa shape index (κ1) is 20.1. The summed E-state index contributed by atoms with van der Waals surface area (Å²) in [5.41, 5.74) is 14.3. The number of hydrogen-bond donors (Lipinski definition) is 1. The van der Waals surface area contributed by atoms with Gasteiger partial charge in [0.1, 0.15) is 0 Å².